The van der Waals surface area contributed by atoms with Crippen LogP contribution in [0.5, 0.6) is 0 Å². The van der Waals surface area contributed by atoms with Crippen LogP contribution in [-0.4, -0.2) is 56.0 Å². The molecule has 0 radical (unpaired) electrons. The molecule has 0 bridgehead atoms. The summed E-state index contributed by atoms with van der Waals surface area (Å²) >= 11 is 0. The van der Waals surface area contributed by atoms with Gasteiger partial charge in [0.1, 0.15) is 6.04 Å². The number of nitrogens with one attached hydrogen (secondary N) is 4. The summed E-state index contributed by atoms with van der Waals surface area (Å²) in [6, 6.07) is 5.52. The van der Waals surface area contributed by atoms with Crippen molar-refractivity contribution >= 4 is 29.4 Å². The molecular formula is C25H25F6N5O4. The smallest absolute Gasteiger partial charge is 0.416 e. The van der Waals surface area contributed by atoms with Crippen LogP contribution in [0.4, 0.5) is 32.0 Å². The van der Waals surface area contributed by atoms with Gasteiger partial charge in [-0.05, 0) is 48.9 Å². The van der Waals surface area contributed by atoms with E-state index in [0.717, 1.165) is 0 Å². The minimum absolute atomic E-state index is 0.0424. The second-order valence-corrected chi connectivity index (χ2v) is 8.54. The zero-order valence-electron chi connectivity index (χ0n) is 21.0. The van der Waals surface area contributed by atoms with Crippen LogP contribution in [-0.2, 0) is 33.1 Å². The lowest BCUT2D eigenvalue weighted by atomic mass is 9.99. The molecule has 1 aliphatic heterocycles. The minimum atomic E-state index is -5.09. The molecule has 1 unspecified atom stereocenters. The third-order valence-electron chi connectivity index (χ3n) is 5.46. The Balaban J connectivity index is 1.69. The van der Waals surface area contributed by atoms with Gasteiger partial charge < -0.3 is 26.0 Å². The predicted octanol–water partition coefficient (Wildman–Crippen LogP) is 3.12. The Morgan fingerprint density at radius 1 is 1.02 bits per heavy atom. The number of benzene rings is 2. The molecule has 1 aliphatic rings. The second-order valence-electron chi connectivity index (χ2n) is 8.54. The summed E-state index contributed by atoms with van der Waals surface area (Å²) in [6.45, 7) is 1.90. The first-order valence-corrected chi connectivity index (χ1v) is 11.9. The monoisotopic (exact) mass is 573 g/mol. The summed E-state index contributed by atoms with van der Waals surface area (Å²) in [7, 11) is 0. The number of alkyl halides is 6. The maximum atomic E-state index is 13.2. The summed E-state index contributed by atoms with van der Waals surface area (Å²) in [4.78, 5) is 41.6. The summed E-state index contributed by atoms with van der Waals surface area (Å²) in [5, 5.41) is 10.5. The van der Waals surface area contributed by atoms with E-state index in [0.29, 0.717) is 36.9 Å². The van der Waals surface area contributed by atoms with Gasteiger partial charge in [0.25, 0.3) is 5.91 Å². The summed E-state index contributed by atoms with van der Waals surface area (Å²) in [5.74, 6) is -2.12. The van der Waals surface area contributed by atoms with Gasteiger partial charge in [0.05, 0.1) is 30.8 Å². The van der Waals surface area contributed by atoms with Gasteiger partial charge in [-0.1, -0.05) is 6.07 Å². The van der Waals surface area contributed by atoms with Crippen LogP contribution >= 0.6 is 0 Å². The zero-order valence-corrected chi connectivity index (χ0v) is 21.0. The Labute approximate surface area is 224 Å². The van der Waals surface area contributed by atoms with E-state index in [1.165, 1.54) is 19.1 Å². The molecule has 0 saturated carbocycles. The lowest BCUT2D eigenvalue weighted by molar-refractivity contribution is -0.147. The summed E-state index contributed by atoms with van der Waals surface area (Å²) in [5.41, 5.74) is -2.90. The highest BCUT2D eigenvalue weighted by Gasteiger charge is 2.37. The molecule has 0 saturated heterocycles. The van der Waals surface area contributed by atoms with E-state index >= 15 is 0 Å². The number of rotatable bonds is 9. The molecule has 15 heteroatoms. The lowest BCUT2D eigenvalue weighted by Crippen LogP contribution is -2.47. The van der Waals surface area contributed by atoms with Gasteiger partial charge in [0.15, 0.2) is 5.96 Å². The molecule has 216 valence electrons. The number of guanidine groups is 1. The summed E-state index contributed by atoms with van der Waals surface area (Å²) in [6.07, 6.45) is -10.9. The Hall–Kier alpha value is -4.30. The number of carbonyl (C=O) groups excluding carboxylic acids is 3. The van der Waals surface area contributed by atoms with Crippen LogP contribution in [0, 0.1) is 0 Å². The first-order valence-electron chi connectivity index (χ1n) is 11.9. The maximum absolute atomic E-state index is 13.2. The maximum Gasteiger partial charge on any atom is 0.416 e. The molecular weight excluding hydrogens is 548 g/mol. The van der Waals surface area contributed by atoms with E-state index in [1.54, 1.807) is 12.1 Å². The van der Waals surface area contributed by atoms with Gasteiger partial charge in [0.2, 0.25) is 5.91 Å². The molecule has 3 rings (SSSR count). The van der Waals surface area contributed by atoms with Gasteiger partial charge in [-0.3, -0.25) is 14.6 Å². The van der Waals surface area contributed by atoms with Crippen molar-refractivity contribution in [2.45, 2.75) is 31.7 Å². The molecule has 0 fully saturated rings. The van der Waals surface area contributed by atoms with Gasteiger partial charge in [-0.2, -0.15) is 26.3 Å². The fourth-order valence-corrected chi connectivity index (χ4v) is 3.67. The highest BCUT2D eigenvalue weighted by molar-refractivity contribution is 5.99. The number of amides is 2. The van der Waals surface area contributed by atoms with Crippen LogP contribution in [0.3, 0.4) is 0 Å². The Morgan fingerprint density at radius 3 is 2.27 bits per heavy atom. The first kappa shape index (κ1) is 30.2. The molecule has 1 heterocycles. The first-order chi connectivity index (χ1) is 18.8. The molecule has 1 atom stereocenters. The Bertz CT molecular complexity index is 1250. The summed E-state index contributed by atoms with van der Waals surface area (Å²) < 4.78 is 84.2. The number of carbonyl (C=O) groups is 3. The number of ether oxygens (including phenoxy) is 1. The molecule has 0 spiro atoms. The number of hydrogen-bond acceptors (Lipinski definition) is 7. The Kier molecular flexibility index (Phi) is 9.60. The molecule has 2 aromatic carbocycles. The Morgan fingerprint density at radius 2 is 1.70 bits per heavy atom. The second kappa shape index (κ2) is 12.7. The van der Waals surface area contributed by atoms with Gasteiger partial charge in [-0.15, -0.1) is 0 Å². The number of esters is 1. The molecule has 0 aliphatic carbocycles. The fraction of sp³-hybridized carbons (Fsp3) is 0.360. The third-order valence-corrected chi connectivity index (χ3v) is 5.46. The van der Waals surface area contributed by atoms with Crippen molar-refractivity contribution in [1.82, 2.24) is 16.0 Å². The van der Waals surface area contributed by atoms with Crippen molar-refractivity contribution in [3.8, 4) is 0 Å². The molecule has 2 aromatic rings. The van der Waals surface area contributed by atoms with Crippen molar-refractivity contribution in [2.75, 3.05) is 31.6 Å². The van der Waals surface area contributed by atoms with E-state index in [1.807, 2.05) is 0 Å². The normalized spacial score (nSPS) is 14.0. The largest absolute Gasteiger partial charge is 0.464 e. The van der Waals surface area contributed by atoms with Crippen molar-refractivity contribution in [2.24, 2.45) is 4.99 Å². The standard InChI is InChI=1S/C25H25F6N5O4/c1-2-40-22(39)19(10-14-8-16(24(26,27)28)12-17(9-14)25(29,30)31)36-20(37)13-34-21(38)15-4-3-5-18(11-15)35-23-32-6-7-33-23/h3-5,8-9,11-12,19H,2,6-7,10,13H2,1H3,(H,34,38)(H,36,37)(H2,32,33,35). The van der Waals surface area contributed by atoms with E-state index in [4.69, 9.17) is 4.74 Å². The molecule has 40 heavy (non-hydrogen) atoms. The van der Waals surface area contributed by atoms with Crippen LogP contribution in [0.1, 0.15) is 34.0 Å². The van der Waals surface area contributed by atoms with Crippen LogP contribution in [0.25, 0.3) is 0 Å². The third kappa shape index (κ3) is 8.61. The van der Waals surface area contributed by atoms with Crippen molar-refractivity contribution in [3.05, 3.63) is 64.7 Å². The van der Waals surface area contributed by atoms with Crippen LogP contribution < -0.4 is 21.3 Å². The van der Waals surface area contributed by atoms with E-state index < -0.39 is 65.8 Å². The number of halogens is 6. The van der Waals surface area contributed by atoms with Crippen molar-refractivity contribution in [3.63, 3.8) is 0 Å². The highest BCUT2D eigenvalue weighted by Crippen LogP contribution is 2.36. The van der Waals surface area contributed by atoms with Gasteiger partial charge in [0, 0.05) is 24.2 Å². The average Bonchev–Trinajstić information content (AvgIpc) is 3.39. The molecule has 4 N–H and O–H groups in total. The SMILES string of the molecule is CCOC(=O)C(Cc1cc(C(F)(F)F)cc(C(F)(F)F)c1)NC(=O)CNC(=O)c1cccc(NC2=NCCN2)c1. The lowest BCUT2D eigenvalue weighted by Gasteiger charge is -2.19. The highest BCUT2D eigenvalue weighted by atomic mass is 19.4. The molecule has 9 nitrogen and oxygen atoms in total. The zero-order chi connectivity index (χ0) is 29.5. The van der Waals surface area contributed by atoms with E-state index in [9.17, 15) is 40.7 Å². The topological polar surface area (TPSA) is 121 Å². The quantitative estimate of drug-likeness (QED) is 0.270. The van der Waals surface area contributed by atoms with Crippen LogP contribution in [0.15, 0.2) is 47.5 Å². The number of aliphatic imine (C=N–C) groups is 1. The van der Waals surface area contributed by atoms with Crippen molar-refractivity contribution in [1.29, 1.82) is 0 Å². The van der Waals surface area contributed by atoms with Crippen LogP contribution in [0.2, 0.25) is 0 Å². The van der Waals surface area contributed by atoms with E-state index in [-0.39, 0.29) is 18.2 Å². The predicted molar refractivity (Wildman–Crippen MR) is 131 cm³/mol. The fourth-order valence-electron chi connectivity index (χ4n) is 3.67. The van der Waals surface area contributed by atoms with E-state index in [2.05, 4.69) is 26.3 Å². The molecule has 2 amide bonds. The van der Waals surface area contributed by atoms with Crippen molar-refractivity contribution < 1.29 is 45.5 Å². The molecule has 0 aromatic heterocycles. The number of anilines is 1. The number of hydrogen-bond donors (Lipinski definition) is 4. The average molecular weight is 573 g/mol. The van der Waals surface area contributed by atoms with Gasteiger partial charge in [-0.25, -0.2) is 4.79 Å². The van der Waals surface area contributed by atoms with Gasteiger partial charge >= 0.3 is 18.3 Å². The number of nitrogens with zero attached hydrogens (tertiary/aromatic N) is 1. The minimum Gasteiger partial charge on any atom is -0.464 e.